The summed E-state index contributed by atoms with van der Waals surface area (Å²) in [7, 11) is 0. The summed E-state index contributed by atoms with van der Waals surface area (Å²) >= 11 is 5.62. The highest BCUT2D eigenvalue weighted by molar-refractivity contribution is 6.33. The summed E-state index contributed by atoms with van der Waals surface area (Å²) in [6.45, 7) is 0. The van der Waals surface area contributed by atoms with Crippen molar-refractivity contribution in [2.24, 2.45) is 0 Å². The first-order valence-electron chi connectivity index (χ1n) is 3.18. The van der Waals surface area contributed by atoms with E-state index in [0.717, 1.165) is 0 Å². The van der Waals surface area contributed by atoms with Crippen molar-refractivity contribution in [3.63, 3.8) is 0 Å². The van der Waals surface area contributed by atoms with E-state index in [-0.39, 0.29) is 16.1 Å². The van der Waals surface area contributed by atoms with Gasteiger partial charge in [0.2, 0.25) is 0 Å². The number of hydrogen-bond acceptors (Lipinski definition) is 3. The fourth-order valence-corrected chi connectivity index (χ4v) is 0.999. The van der Waals surface area contributed by atoms with E-state index in [4.69, 9.17) is 17.3 Å². The molecule has 1 aromatic rings. The van der Waals surface area contributed by atoms with Crippen LogP contribution in [0.25, 0.3) is 0 Å². The summed E-state index contributed by atoms with van der Waals surface area (Å²) in [5.41, 5.74) is 6.22. The Hall–Kier alpha value is -1.35. The molecule has 2 N–H and O–H groups in total. The third-order valence-corrected chi connectivity index (χ3v) is 1.78. The predicted molar refractivity (Wildman–Crippen MR) is 46.6 cm³/mol. The Labute approximate surface area is 74.1 Å². The highest BCUT2D eigenvalue weighted by atomic mass is 35.5. The quantitative estimate of drug-likeness (QED) is 0.559. The lowest BCUT2D eigenvalue weighted by Gasteiger charge is -2.00. The molecule has 0 radical (unpaired) electrons. The van der Waals surface area contributed by atoms with Crippen LogP contribution < -0.4 is 5.73 Å². The van der Waals surface area contributed by atoms with E-state index in [2.05, 4.69) is 0 Å². The molecular formula is C8H6ClNO2. The largest absolute Gasteiger partial charge is 0.398 e. The Bertz CT molecular complexity index is 303. The van der Waals surface area contributed by atoms with Crippen LogP contribution in [0.2, 0.25) is 5.02 Å². The van der Waals surface area contributed by atoms with Gasteiger partial charge in [0, 0.05) is 11.1 Å². The second kappa shape index (κ2) is 3.36. The van der Waals surface area contributed by atoms with Gasteiger partial charge in [-0.15, -0.1) is 0 Å². The zero-order valence-corrected chi connectivity index (χ0v) is 6.84. The van der Waals surface area contributed by atoms with Gasteiger partial charge in [-0.1, -0.05) is 11.6 Å². The summed E-state index contributed by atoms with van der Waals surface area (Å²) < 4.78 is 0. The Kier molecular flexibility index (Phi) is 2.45. The number of nitrogens with two attached hydrogens (primary N) is 1. The van der Waals surface area contributed by atoms with Crippen LogP contribution in [0.5, 0.6) is 0 Å². The van der Waals surface area contributed by atoms with Gasteiger partial charge in [-0.3, -0.25) is 9.59 Å². The van der Waals surface area contributed by atoms with Crippen LogP contribution in [0.3, 0.4) is 0 Å². The molecule has 12 heavy (non-hydrogen) atoms. The molecule has 0 unspecified atom stereocenters. The molecule has 0 atom stereocenters. The predicted octanol–water partition coefficient (Wildman–Crippen LogP) is 1.55. The van der Waals surface area contributed by atoms with Crippen molar-refractivity contribution < 1.29 is 9.59 Å². The molecular weight excluding hydrogens is 178 g/mol. The fourth-order valence-electron chi connectivity index (χ4n) is 0.827. The first kappa shape index (κ1) is 8.74. The van der Waals surface area contributed by atoms with Crippen LogP contribution in [0.4, 0.5) is 5.69 Å². The average molecular weight is 184 g/mol. The summed E-state index contributed by atoms with van der Waals surface area (Å²) in [6.07, 6.45) is 1.13. The zero-order chi connectivity index (χ0) is 9.14. The lowest BCUT2D eigenvalue weighted by atomic mass is 10.1. The van der Waals surface area contributed by atoms with Crippen LogP contribution in [0.1, 0.15) is 20.7 Å². The molecule has 3 nitrogen and oxygen atoms in total. The van der Waals surface area contributed by atoms with Crippen molar-refractivity contribution >= 4 is 29.9 Å². The third-order valence-electron chi connectivity index (χ3n) is 1.46. The minimum absolute atomic E-state index is 0.254. The second-order valence-corrected chi connectivity index (χ2v) is 2.65. The molecule has 0 amide bonds. The van der Waals surface area contributed by atoms with Gasteiger partial charge in [0.05, 0.1) is 10.7 Å². The van der Waals surface area contributed by atoms with E-state index in [9.17, 15) is 9.59 Å². The summed E-state index contributed by atoms with van der Waals surface area (Å²) in [5.74, 6) is 0. The van der Waals surface area contributed by atoms with Crippen molar-refractivity contribution in [1.82, 2.24) is 0 Å². The van der Waals surface area contributed by atoms with E-state index in [0.29, 0.717) is 18.3 Å². The molecule has 0 bridgehead atoms. The van der Waals surface area contributed by atoms with E-state index in [1.54, 1.807) is 0 Å². The highest BCUT2D eigenvalue weighted by Gasteiger charge is 2.04. The van der Waals surface area contributed by atoms with E-state index < -0.39 is 0 Å². The monoisotopic (exact) mass is 183 g/mol. The number of aldehydes is 2. The lowest BCUT2D eigenvalue weighted by molar-refractivity contribution is 0.109. The van der Waals surface area contributed by atoms with E-state index >= 15 is 0 Å². The Morgan fingerprint density at radius 3 is 2.17 bits per heavy atom. The molecule has 0 spiro atoms. The molecule has 0 saturated carbocycles. The molecule has 0 saturated heterocycles. The number of rotatable bonds is 2. The van der Waals surface area contributed by atoms with Crippen LogP contribution >= 0.6 is 11.6 Å². The number of anilines is 1. The van der Waals surface area contributed by atoms with Crippen LogP contribution in [0.15, 0.2) is 12.1 Å². The molecule has 1 rings (SSSR count). The van der Waals surface area contributed by atoms with Gasteiger partial charge >= 0.3 is 0 Å². The Balaban J connectivity index is 3.37. The summed E-state index contributed by atoms with van der Waals surface area (Å²) in [5, 5.41) is 0.280. The van der Waals surface area contributed by atoms with E-state index in [1.165, 1.54) is 12.1 Å². The van der Waals surface area contributed by atoms with Crippen molar-refractivity contribution in [3.8, 4) is 0 Å². The van der Waals surface area contributed by atoms with E-state index in [1.807, 2.05) is 0 Å². The minimum atomic E-state index is 0.254. The Morgan fingerprint density at radius 2 is 1.67 bits per heavy atom. The minimum Gasteiger partial charge on any atom is -0.398 e. The van der Waals surface area contributed by atoms with Gasteiger partial charge in [-0.25, -0.2) is 0 Å². The van der Waals surface area contributed by atoms with Gasteiger partial charge in [0.1, 0.15) is 0 Å². The van der Waals surface area contributed by atoms with Gasteiger partial charge in [-0.05, 0) is 12.1 Å². The van der Waals surface area contributed by atoms with Gasteiger partial charge in [0.25, 0.3) is 0 Å². The first-order chi connectivity index (χ1) is 5.69. The fraction of sp³-hybridized carbons (Fsp3) is 0. The first-order valence-corrected chi connectivity index (χ1v) is 3.56. The average Bonchev–Trinajstić information content (AvgIpc) is 2.09. The molecule has 0 aliphatic heterocycles. The zero-order valence-electron chi connectivity index (χ0n) is 6.08. The van der Waals surface area contributed by atoms with Gasteiger partial charge in [0.15, 0.2) is 12.6 Å². The SMILES string of the molecule is Nc1cc(C=O)c(C=O)cc1Cl. The van der Waals surface area contributed by atoms with Crippen LogP contribution in [0, 0.1) is 0 Å². The molecule has 0 aliphatic rings. The lowest BCUT2D eigenvalue weighted by Crippen LogP contribution is -1.95. The van der Waals surface area contributed by atoms with Crippen LogP contribution in [-0.2, 0) is 0 Å². The Morgan fingerprint density at radius 1 is 1.17 bits per heavy atom. The van der Waals surface area contributed by atoms with Crippen molar-refractivity contribution in [1.29, 1.82) is 0 Å². The van der Waals surface area contributed by atoms with Crippen molar-refractivity contribution in [2.45, 2.75) is 0 Å². The second-order valence-electron chi connectivity index (χ2n) is 2.24. The topological polar surface area (TPSA) is 60.2 Å². The molecule has 0 aliphatic carbocycles. The molecule has 62 valence electrons. The number of carbonyl (C=O) groups is 2. The summed E-state index contributed by atoms with van der Waals surface area (Å²) in [4.78, 5) is 20.8. The molecule has 0 heterocycles. The number of hydrogen-bond donors (Lipinski definition) is 1. The smallest absolute Gasteiger partial charge is 0.150 e. The van der Waals surface area contributed by atoms with Crippen molar-refractivity contribution in [3.05, 3.63) is 28.3 Å². The highest BCUT2D eigenvalue weighted by Crippen LogP contribution is 2.21. The van der Waals surface area contributed by atoms with Crippen molar-refractivity contribution in [2.75, 3.05) is 5.73 Å². The van der Waals surface area contributed by atoms with Gasteiger partial charge < -0.3 is 5.73 Å². The van der Waals surface area contributed by atoms with Crippen LogP contribution in [-0.4, -0.2) is 12.6 Å². The number of halogens is 1. The number of nitrogen functional groups attached to an aromatic ring is 1. The molecule has 0 fully saturated rings. The maximum Gasteiger partial charge on any atom is 0.150 e. The normalized spacial score (nSPS) is 9.42. The third kappa shape index (κ3) is 1.46. The standard InChI is InChI=1S/C8H6ClNO2/c9-7-1-5(3-11)6(4-12)2-8(7)10/h1-4H,10H2. The maximum atomic E-state index is 10.4. The van der Waals surface area contributed by atoms with Gasteiger partial charge in [-0.2, -0.15) is 0 Å². The number of carbonyl (C=O) groups excluding carboxylic acids is 2. The number of benzene rings is 1. The molecule has 4 heteroatoms. The molecule has 0 aromatic heterocycles. The summed E-state index contributed by atoms with van der Waals surface area (Å²) in [6, 6.07) is 2.74. The molecule has 1 aromatic carbocycles. The maximum absolute atomic E-state index is 10.4.